The van der Waals surface area contributed by atoms with Gasteiger partial charge in [-0.2, -0.15) is 15.0 Å². The number of aromatic nitrogens is 3. The summed E-state index contributed by atoms with van der Waals surface area (Å²) in [4.78, 5) is 15.5. The van der Waals surface area contributed by atoms with Crippen LogP contribution in [0.25, 0.3) is 11.1 Å². The first-order valence-electron chi connectivity index (χ1n) is 8.29. The summed E-state index contributed by atoms with van der Waals surface area (Å²) in [6.45, 7) is 1.10. The van der Waals surface area contributed by atoms with Gasteiger partial charge >= 0.3 is 0 Å². The van der Waals surface area contributed by atoms with Crippen LogP contribution in [0.3, 0.4) is 0 Å². The minimum absolute atomic E-state index is 0.0611. The first kappa shape index (κ1) is 16.4. The highest BCUT2D eigenvalue weighted by Crippen LogP contribution is 2.31. The van der Waals surface area contributed by atoms with E-state index in [0.717, 1.165) is 22.8 Å². The molecule has 7 heteroatoms. The van der Waals surface area contributed by atoms with E-state index in [0.29, 0.717) is 25.1 Å². The average molecular weight is 354 g/mol. The number of hydrogen-bond donors (Lipinski definition) is 0. The molecular formula is C19H16F2N4O. The summed E-state index contributed by atoms with van der Waals surface area (Å²) >= 11 is 0. The molecule has 4 rings (SSSR count). The molecule has 132 valence electrons. The van der Waals surface area contributed by atoms with Gasteiger partial charge in [0.25, 0.3) is 0 Å². The molecule has 1 aromatic heterocycles. The molecule has 0 atom stereocenters. The molecule has 26 heavy (non-hydrogen) atoms. The van der Waals surface area contributed by atoms with Gasteiger partial charge in [0, 0.05) is 19.2 Å². The van der Waals surface area contributed by atoms with Crippen molar-refractivity contribution in [2.24, 2.45) is 0 Å². The van der Waals surface area contributed by atoms with Crippen molar-refractivity contribution in [1.29, 1.82) is 0 Å². The molecule has 0 bridgehead atoms. The number of rotatable bonds is 3. The molecule has 5 nitrogen and oxygen atoms in total. The Balaban J connectivity index is 1.60. The number of hydrogen-bond acceptors (Lipinski definition) is 3. The Morgan fingerprint density at radius 2 is 1.81 bits per heavy atom. The Labute approximate surface area is 148 Å². The highest BCUT2D eigenvalue weighted by Gasteiger charge is 2.23. The molecule has 0 radical (unpaired) electrons. The molecular weight excluding hydrogens is 338 g/mol. The summed E-state index contributed by atoms with van der Waals surface area (Å²) in [5, 5.41) is 7.91. The second-order valence-corrected chi connectivity index (χ2v) is 6.23. The second kappa shape index (κ2) is 6.67. The molecule has 1 aliphatic rings. The molecule has 2 heterocycles. The van der Waals surface area contributed by atoms with Crippen molar-refractivity contribution in [3.8, 4) is 11.1 Å². The largest absolute Gasteiger partial charge is 0.336 e. The van der Waals surface area contributed by atoms with Crippen LogP contribution in [0.15, 0.2) is 48.8 Å². The van der Waals surface area contributed by atoms with Crippen molar-refractivity contribution in [2.75, 3.05) is 6.54 Å². The Kier molecular flexibility index (Phi) is 4.20. The maximum absolute atomic E-state index is 13.6. The lowest BCUT2D eigenvalue weighted by atomic mass is 9.90. The molecule has 0 saturated heterocycles. The molecule has 0 saturated carbocycles. The Morgan fingerprint density at radius 1 is 1.08 bits per heavy atom. The van der Waals surface area contributed by atoms with Gasteiger partial charge in [-0.15, -0.1) is 0 Å². The number of benzene rings is 2. The van der Waals surface area contributed by atoms with Crippen molar-refractivity contribution < 1.29 is 13.6 Å². The highest BCUT2D eigenvalue weighted by molar-refractivity contribution is 5.77. The first-order valence-corrected chi connectivity index (χ1v) is 8.29. The quantitative estimate of drug-likeness (QED) is 0.727. The summed E-state index contributed by atoms with van der Waals surface area (Å²) in [5.74, 6) is -1.26. The summed E-state index contributed by atoms with van der Waals surface area (Å²) in [7, 11) is 0. The maximum atomic E-state index is 13.6. The first-order chi connectivity index (χ1) is 12.6. The molecule has 0 unspecified atom stereocenters. The van der Waals surface area contributed by atoms with Crippen molar-refractivity contribution in [3.05, 3.63) is 71.6 Å². The molecule has 0 fully saturated rings. The van der Waals surface area contributed by atoms with Gasteiger partial charge in [-0.05, 0) is 40.8 Å². The van der Waals surface area contributed by atoms with E-state index in [4.69, 9.17) is 0 Å². The number of nitrogens with zero attached hydrogens (tertiary/aromatic N) is 4. The minimum atomic E-state index is -0.600. The van der Waals surface area contributed by atoms with E-state index >= 15 is 0 Å². The van der Waals surface area contributed by atoms with Crippen LogP contribution in [-0.2, 0) is 24.3 Å². The molecule has 3 aromatic rings. The van der Waals surface area contributed by atoms with Crippen LogP contribution in [-0.4, -0.2) is 32.3 Å². The van der Waals surface area contributed by atoms with E-state index in [1.54, 1.807) is 4.90 Å². The number of carbonyl (C=O) groups excluding carboxylic acids is 1. The van der Waals surface area contributed by atoms with Gasteiger partial charge in [-0.3, -0.25) is 4.79 Å². The number of fused-ring (bicyclic) bond motifs is 1. The summed E-state index contributed by atoms with van der Waals surface area (Å²) in [6.07, 6.45) is 3.69. The minimum Gasteiger partial charge on any atom is -0.336 e. The molecule has 0 N–H and O–H groups in total. The summed E-state index contributed by atoms with van der Waals surface area (Å²) < 4.78 is 27.2. The standard InChI is InChI=1S/C19H16F2N4O/c20-15-8-14(9-16(21)10-15)17-3-1-2-13-11-24(7-4-18(13)17)19(26)12-25-22-5-6-23-25/h1-3,5-6,8-10H,4,7,11-12H2. The second-order valence-electron chi connectivity index (χ2n) is 6.23. The van der Waals surface area contributed by atoms with Gasteiger partial charge in [-0.25, -0.2) is 8.78 Å². The van der Waals surface area contributed by atoms with E-state index in [1.165, 1.54) is 29.3 Å². The van der Waals surface area contributed by atoms with Crippen LogP contribution in [0.5, 0.6) is 0 Å². The van der Waals surface area contributed by atoms with Crippen LogP contribution in [0, 0.1) is 11.6 Å². The monoisotopic (exact) mass is 354 g/mol. The normalized spacial score (nSPS) is 13.5. The predicted octanol–water partition coefficient (Wildman–Crippen LogP) is 2.81. The number of amides is 1. The fourth-order valence-electron chi connectivity index (χ4n) is 3.35. The Morgan fingerprint density at radius 3 is 2.54 bits per heavy atom. The third-order valence-electron chi connectivity index (χ3n) is 4.54. The van der Waals surface area contributed by atoms with E-state index in [2.05, 4.69) is 10.2 Å². The summed E-state index contributed by atoms with van der Waals surface area (Å²) in [5.41, 5.74) is 3.33. The van der Waals surface area contributed by atoms with Crippen LogP contribution in [0.2, 0.25) is 0 Å². The fourth-order valence-corrected chi connectivity index (χ4v) is 3.35. The van der Waals surface area contributed by atoms with Crippen LogP contribution >= 0.6 is 0 Å². The van der Waals surface area contributed by atoms with Gasteiger partial charge < -0.3 is 4.90 Å². The Bertz CT molecular complexity index is 936. The number of carbonyl (C=O) groups is 1. The molecule has 0 aliphatic carbocycles. The smallest absolute Gasteiger partial charge is 0.246 e. The van der Waals surface area contributed by atoms with Gasteiger partial charge in [-0.1, -0.05) is 18.2 Å². The maximum Gasteiger partial charge on any atom is 0.246 e. The zero-order valence-electron chi connectivity index (χ0n) is 13.9. The van der Waals surface area contributed by atoms with Crippen LogP contribution in [0.1, 0.15) is 11.1 Å². The average Bonchev–Trinajstić information content (AvgIpc) is 3.13. The Hall–Kier alpha value is -3.09. The molecule has 2 aromatic carbocycles. The lowest BCUT2D eigenvalue weighted by molar-refractivity contribution is -0.133. The van der Waals surface area contributed by atoms with Gasteiger partial charge in [0.15, 0.2) is 0 Å². The molecule has 0 spiro atoms. The topological polar surface area (TPSA) is 51.0 Å². The summed E-state index contributed by atoms with van der Waals surface area (Å²) in [6, 6.07) is 9.18. The highest BCUT2D eigenvalue weighted by atomic mass is 19.1. The van der Waals surface area contributed by atoms with Gasteiger partial charge in [0.2, 0.25) is 5.91 Å². The molecule has 1 aliphatic heterocycles. The van der Waals surface area contributed by atoms with Crippen LogP contribution < -0.4 is 0 Å². The van der Waals surface area contributed by atoms with Crippen molar-refractivity contribution in [3.63, 3.8) is 0 Å². The van der Waals surface area contributed by atoms with E-state index in [9.17, 15) is 13.6 Å². The fraction of sp³-hybridized carbons (Fsp3) is 0.211. The van der Waals surface area contributed by atoms with Crippen molar-refractivity contribution >= 4 is 5.91 Å². The third kappa shape index (κ3) is 3.20. The predicted molar refractivity (Wildman–Crippen MR) is 90.9 cm³/mol. The van der Waals surface area contributed by atoms with Crippen LogP contribution in [0.4, 0.5) is 8.78 Å². The third-order valence-corrected chi connectivity index (χ3v) is 4.54. The van der Waals surface area contributed by atoms with E-state index in [1.807, 2.05) is 18.2 Å². The number of halogens is 2. The van der Waals surface area contributed by atoms with Crippen molar-refractivity contribution in [2.45, 2.75) is 19.5 Å². The van der Waals surface area contributed by atoms with E-state index < -0.39 is 11.6 Å². The van der Waals surface area contributed by atoms with E-state index in [-0.39, 0.29) is 12.5 Å². The zero-order valence-corrected chi connectivity index (χ0v) is 13.9. The van der Waals surface area contributed by atoms with Crippen molar-refractivity contribution in [1.82, 2.24) is 19.9 Å². The lowest BCUT2D eigenvalue weighted by Crippen LogP contribution is -2.38. The molecule has 1 amide bonds. The van der Waals surface area contributed by atoms with Gasteiger partial charge in [0.1, 0.15) is 18.2 Å². The SMILES string of the molecule is O=C(Cn1nccn1)N1CCc2c(cccc2-c2cc(F)cc(F)c2)C1. The lowest BCUT2D eigenvalue weighted by Gasteiger charge is -2.30. The van der Waals surface area contributed by atoms with Gasteiger partial charge in [0.05, 0.1) is 12.4 Å². The zero-order chi connectivity index (χ0) is 18.1.